The summed E-state index contributed by atoms with van der Waals surface area (Å²) in [6.45, 7) is 2.69. The summed E-state index contributed by atoms with van der Waals surface area (Å²) in [5.74, 6) is 0.890. The maximum Gasteiger partial charge on any atom is 0.223 e. The van der Waals surface area contributed by atoms with Crippen molar-refractivity contribution in [1.29, 1.82) is 0 Å². The van der Waals surface area contributed by atoms with Crippen molar-refractivity contribution in [3.63, 3.8) is 0 Å². The molecule has 0 spiro atoms. The molecule has 14 heavy (non-hydrogen) atoms. The maximum absolute atomic E-state index is 11.5. The molecule has 2 rings (SSSR count). The molecule has 2 atom stereocenters. The number of benzene rings is 1. The highest BCUT2D eigenvalue weighted by atomic mass is 16.2. The van der Waals surface area contributed by atoms with E-state index >= 15 is 0 Å². The van der Waals surface area contributed by atoms with Gasteiger partial charge in [0.2, 0.25) is 5.91 Å². The van der Waals surface area contributed by atoms with Crippen LogP contribution in [-0.2, 0) is 4.79 Å². The Balaban J connectivity index is 1.96. The minimum absolute atomic E-state index is 0.210. The Hall–Kier alpha value is -1.31. The van der Waals surface area contributed by atoms with Crippen LogP contribution in [0.25, 0.3) is 0 Å². The normalized spacial score (nSPS) is 24.4. The topological polar surface area (TPSA) is 29.1 Å². The molecule has 0 radical (unpaired) electrons. The molecule has 1 aliphatic rings. The molecule has 0 heterocycles. The molecule has 74 valence electrons. The maximum atomic E-state index is 11.5. The summed E-state index contributed by atoms with van der Waals surface area (Å²) in [5, 5.41) is 2.87. The summed E-state index contributed by atoms with van der Waals surface area (Å²) in [6.07, 6.45) is 1.01. The van der Waals surface area contributed by atoms with E-state index in [4.69, 9.17) is 0 Å². The molecule has 1 aromatic rings. The standard InChI is InChI=1S/C12H15NO/c1-2-13-12(14)11-8-10(11)9-6-4-3-5-7-9/h3-7,10-11H,2,8H2,1H3,(H,13,14)/t10-,11+/m0/s1. The average molecular weight is 189 g/mol. The first-order chi connectivity index (χ1) is 6.83. The van der Waals surface area contributed by atoms with Gasteiger partial charge in [0, 0.05) is 12.5 Å². The van der Waals surface area contributed by atoms with Crippen LogP contribution in [-0.4, -0.2) is 12.5 Å². The molecule has 1 N–H and O–H groups in total. The lowest BCUT2D eigenvalue weighted by Crippen LogP contribution is -2.24. The smallest absolute Gasteiger partial charge is 0.223 e. The number of hydrogen-bond acceptors (Lipinski definition) is 1. The molecule has 1 amide bonds. The van der Waals surface area contributed by atoms with Crippen LogP contribution in [0.15, 0.2) is 30.3 Å². The second-order valence-electron chi connectivity index (χ2n) is 3.75. The van der Waals surface area contributed by atoms with Crippen LogP contribution in [0.1, 0.15) is 24.8 Å². The van der Waals surface area contributed by atoms with Gasteiger partial charge in [-0.2, -0.15) is 0 Å². The molecule has 0 aromatic heterocycles. The molecule has 0 unspecified atom stereocenters. The molecule has 1 fully saturated rings. The zero-order valence-electron chi connectivity index (χ0n) is 8.36. The lowest BCUT2D eigenvalue weighted by Gasteiger charge is -2.01. The second kappa shape index (κ2) is 3.82. The van der Waals surface area contributed by atoms with E-state index in [-0.39, 0.29) is 11.8 Å². The first-order valence-electron chi connectivity index (χ1n) is 5.15. The molecule has 0 saturated heterocycles. The van der Waals surface area contributed by atoms with E-state index in [1.165, 1.54) is 5.56 Å². The largest absolute Gasteiger partial charge is 0.356 e. The van der Waals surface area contributed by atoms with Crippen LogP contribution in [0, 0.1) is 5.92 Å². The molecule has 0 bridgehead atoms. The van der Waals surface area contributed by atoms with Crippen LogP contribution in [0.3, 0.4) is 0 Å². The van der Waals surface area contributed by atoms with Gasteiger partial charge in [-0.15, -0.1) is 0 Å². The molecule has 0 aliphatic heterocycles. The minimum atomic E-state index is 0.210. The first kappa shape index (κ1) is 9.25. The Kier molecular flexibility index (Phi) is 2.53. The van der Waals surface area contributed by atoms with Crippen molar-refractivity contribution in [3.05, 3.63) is 35.9 Å². The Morgan fingerprint density at radius 2 is 2.14 bits per heavy atom. The molecular formula is C12H15NO. The number of carbonyl (C=O) groups excluding carboxylic acids is 1. The fourth-order valence-electron chi connectivity index (χ4n) is 1.86. The second-order valence-corrected chi connectivity index (χ2v) is 3.75. The van der Waals surface area contributed by atoms with Crippen molar-refractivity contribution in [3.8, 4) is 0 Å². The molecule has 1 aliphatic carbocycles. The zero-order chi connectivity index (χ0) is 9.97. The van der Waals surface area contributed by atoms with E-state index in [0.29, 0.717) is 5.92 Å². The van der Waals surface area contributed by atoms with Gasteiger partial charge in [-0.3, -0.25) is 4.79 Å². The number of nitrogens with one attached hydrogen (secondary N) is 1. The van der Waals surface area contributed by atoms with E-state index in [2.05, 4.69) is 17.4 Å². The first-order valence-corrected chi connectivity index (χ1v) is 5.15. The third kappa shape index (κ3) is 1.79. The van der Waals surface area contributed by atoms with Gasteiger partial charge in [0.1, 0.15) is 0 Å². The van der Waals surface area contributed by atoms with Gasteiger partial charge in [-0.05, 0) is 24.8 Å². The van der Waals surface area contributed by atoms with Crippen LogP contribution < -0.4 is 5.32 Å². The van der Waals surface area contributed by atoms with Crippen LogP contribution in [0.4, 0.5) is 0 Å². The van der Waals surface area contributed by atoms with Crippen molar-refractivity contribution in [1.82, 2.24) is 5.32 Å². The SMILES string of the molecule is CCNC(=O)[C@@H]1C[C@H]1c1ccccc1. The molecule has 2 heteroatoms. The molecule has 1 aromatic carbocycles. The van der Waals surface area contributed by atoms with E-state index in [9.17, 15) is 4.79 Å². The summed E-state index contributed by atoms with van der Waals surface area (Å²) in [4.78, 5) is 11.5. The van der Waals surface area contributed by atoms with Gasteiger partial charge in [0.05, 0.1) is 0 Å². The number of rotatable bonds is 3. The highest BCUT2D eigenvalue weighted by Crippen LogP contribution is 2.47. The van der Waals surface area contributed by atoms with E-state index in [1.54, 1.807) is 0 Å². The van der Waals surface area contributed by atoms with Crippen molar-refractivity contribution in [2.45, 2.75) is 19.3 Å². The third-order valence-corrected chi connectivity index (χ3v) is 2.71. The van der Waals surface area contributed by atoms with E-state index in [1.807, 2.05) is 25.1 Å². The Morgan fingerprint density at radius 1 is 1.43 bits per heavy atom. The Morgan fingerprint density at radius 3 is 2.79 bits per heavy atom. The van der Waals surface area contributed by atoms with Gasteiger partial charge in [0.15, 0.2) is 0 Å². The lowest BCUT2D eigenvalue weighted by atomic mass is 10.1. The summed E-state index contributed by atoms with van der Waals surface area (Å²) in [5.41, 5.74) is 1.30. The van der Waals surface area contributed by atoms with E-state index < -0.39 is 0 Å². The highest BCUT2D eigenvalue weighted by molar-refractivity contribution is 5.82. The van der Waals surface area contributed by atoms with Crippen molar-refractivity contribution in [2.24, 2.45) is 5.92 Å². The van der Waals surface area contributed by atoms with Gasteiger partial charge in [0.25, 0.3) is 0 Å². The number of amides is 1. The summed E-state index contributed by atoms with van der Waals surface area (Å²) >= 11 is 0. The van der Waals surface area contributed by atoms with Gasteiger partial charge >= 0.3 is 0 Å². The fraction of sp³-hybridized carbons (Fsp3) is 0.417. The number of carbonyl (C=O) groups is 1. The highest BCUT2D eigenvalue weighted by Gasteiger charge is 2.43. The Labute approximate surface area is 84.3 Å². The monoisotopic (exact) mass is 189 g/mol. The lowest BCUT2D eigenvalue weighted by molar-refractivity contribution is -0.122. The quantitative estimate of drug-likeness (QED) is 0.773. The average Bonchev–Trinajstić information content (AvgIpc) is 2.99. The summed E-state index contributed by atoms with van der Waals surface area (Å²) in [7, 11) is 0. The fourth-order valence-corrected chi connectivity index (χ4v) is 1.86. The van der Waals surface area contributed by atoms with Crippen molar-refractivity contribution >= 4 is 5.91 Å². The van der Waals surface area contributed by atoms with Gasteiger partial charge in [-0.25, -0.2) is 0 Å². The Bertz CT molecular complexity index is 320. The predicted molar refractivity (Wildman–Crippen MR) is 56.0 cm³/mol. The number of hydrogen-bond donors (Lipinski definition) is 1. The van der Waals surface area contributed by atoms with Crippen molar-refractivity contribution < 1.29 is 4.79 Å². The summed E-state index contributed by atoms with van der Waals surface area (Å²) in [6, 6.07) is 10.3. The van der Waals surface area contributed by atoms with Crippen molar-refractivity contribution in [2.75, 3.05) is 6.54 Å². The van der Waals surface area contributed by atoms with E-state index in [0.717, 1.165) is 13.0 Å². The summed E-state index contributed by atoms with van der Waals surface area (Å²) < 4.78 is 0. The molecule has 2 nitrogen and oxygen atoms in total. The van der Waals surface area contributed by atoms with Crippen LogP contribution >= 0.6 is 0 Å². The van der Waals surface area contributed by atoms with Gasteiger partial charge < -0.3 is 5.32 Å². The molecule has 1 saturated carbocycles. The van der Waals surface area contributed by atoms with Crippen LogP contribution in [0.2, 0.25) is 0 Å². The van der Waals surface area contributed by atoms with Gasteiger partial charge in [-0.1, -0.05) is 30.3 Å². The third-order valence-electron chi connectivity index (χ3n) is 2.71. The minimum Gasteiger partial charge on any atom is -0.356 e. The predicted octanol–water partition coefficient (Wildman–Crippen LogP) is 1.93. The molecular weight excluding hydrogens is 174 g/mol. The van der Waals surface area contributed by atoms with Crippen LogP contribution in [0.5, 0.6) is 0 Å². The zero-order valence-corrected chi connectivity index (χ0v) is 8.36.